The Labute approximate surface area is 126 Å². The van der Waals surface area contributed by atoms with Crippen molar-refractivity contribution >= 4 is 17.4 Å². The lowest BCUT2D eigenvalue weighted by molar-refractivity contribution is 0.0853. The fourth-order valence-electron chi connectivity index (χ4n) is 2.80. The fourth-order valence-corrected chi connectivity index (χ4v) is 2.92. The van der Waals surface area contributed by atoms with E-state index in [0.29, 0.717) is 10.9 Å². The zero-order chi connectivity index (χ0) is 14.7. The Hall–Kier alpha value is -0.900. The van der Waals surface area contributed by atoms with Crippen LogP contribution in [0.15, 0.2) is 24.3 Å². The second-order valence-corrected chi connectivity index (χ2v) is 6.34. The fraction of sp³-hybridized carbons (Fsp3) is 0.562. The number of likely N-dealkylation sites (N-methyl/N-ethyl adjacent to an activating group) is 1. The van der Waals surface area contributed by atoms with Crippen molar-refractivity contribution in [2.45, 2.75) is 19.4 Å². The van der Waals surface area contributed by atoms with E-state index < -0.39 is 0 Å². The highest BCUT2D eigenvalue weighted by Gasteiger charge is 2.25. The van der Waals surface area contributed by atoms with Crippen LogP contribution in [0.4, 0.5) is 0 Å². The van der Waals surface area contributed by atoms with Crippen LogP contribution in [0.5, 0.6) is 0 Å². The first-order valence-electron chi connectivity index (χ1n) is 7.16. The molecule has 2 unspecified atom stereocenters. The van der Waals surface area contributed by atoms with Gasteiger partial charge in [0, 0.05) is 23.7 Å². The summed E-state index contributed by atoms with van der Waals surface area (Å²) in [6.45, 7) is 5.25. The van der Waals surface area contributed by atoms with Crippen LogP contribution in [0.25, 0.3) is 0 Å². The van der Waals surface area contributed by atoms with Gasteiger partial charge in [-0.1, -0.05) is 11.6 Å². The topological polar surface area (TPSA) is 23.6 Å². The monoisotopic (exact) mass is 294 g/mol. The van der Waals surface area contributed by atoms with E-state index in [2.05, 4.69) is 16.8 Å². The second kappa shape index (κ2) is 6.70. The number of nitrogens with zero attached hydrogens (tertiary/aromatic N) is 2. The lowest BCUT2D eigenvalue weighted by Gasteiger charge is -2.26. The normalized spacial score (nSPS) is 21.4. The molecule has 110 valence electrons. The molecule has 3 nitrogen and oxygen atoms in total. The molecule has 0 spiro atoms. The first-order chi connectivity index (χ1) is 9.47. The summed E-state index contributed by atoms with van der Waals surface area (Å²) in [6.07, 6.45) is 1.22. The van der Waals surface area contributed by atoms with Crippen LogP contribution >= 0.6 is 11.6 Å². The first-order valence-corrected chi connectivity index (χ1v) is 7.53. The van der Waals surface area contributed by atoms with Gasteiger partial charge in [-0.15, -0.1) is 0 Å². The Morgan fingerprint density at radius 2 is 2.10 bits per heavy atom. The standard InChI is InChI=1S/C16H23ClN2O/c1-12(16(20)14-4-6-15(17)7-5-14)19(3)11-13-8-9-18(2)10-13/h4-7,12-13H,8-11H2,1-3H3. The van der Waals surface area contributed by atoms with Gasteiger partial charge in [0.2, 0.25) is 0 Å². The van der Waals surface area contributed by atoms with E-state index in [1.165, 1.54) is 6.42 Å². The maximum Gasteiger partial charge on any atom is 0.179 e. The summed E-state index contributed by atoms with van der Waals surface area (Å²) in [5.74, 6) is 0.834. The van der Waals surface area contributed by atoms with Crippen LogP contribution in [0.3, 0.4) is 0 Å². The number of carbonyl (C=O) groups excluding carboxylic acids is 1. The molecule has 0 aliphatic carbocycles. The van der Waals surface area contributed by atoms with Crippen molar-refractivity contribution in [2.75, 3.05) is 33.7 Å². The number of halogens is 1. The van der Waals surface area contributed by atoms with Crippen LogP contribution in [0.2, 0.25) is 5.02 Å². The van der Waals surface area contributed by atoms with Gasteiger partial charge in [0.1, 0.15) is 0 Å². The first kappa shape index (κ1) is 15.5. The molecule has 0 radical (unpaired) electrons. The molecule has 1 fully saturated rings. The van der Waals surface area contributed by atoms with Gasteiger partial charge in [-0.2, -0.15) is 0 Å². The predicted octanol–water partition coefficient (Wildman–Crippen LogP) is 2.79. The summed E-state index contributed by atoms with van der Waals surface area (Å²) < 4.78 is 0. The molecule has 1 aromatic carbocycles. The van der Waals surface area contributed by atoms with Gasteiger partial charge in [-0.25, -0.2) is 0 Å². The molecule has 1 heterocycles. The molecule has 0 amide bonds. The molecule has 4 heteroatoms. The number of hydrogen-bond acceptors (Lipinski definition) is 3. The maximum absolute atomic E-state index is 12.4. The maximum atomic E-state index is 12.4. The lowest BCUT2D eigenvalue weighted by Crippen LogP contribution is -2.39. The van der Waals surface area contributed by atoms with E-state index in [-0.39, 0.29) is 11.8 Å². The zero-order valence-electron chi connectivity index (χ0n) is 12.5. The molecule has 0 N–H and O–H groups in total. The van der Waals surface area contributed by atoms with Crippen LogP contribution in [-0.2, 0) is 0 Å². The van der Waals surface area contributed by atoms with Gasteiger partial charge in [0.05, 0.1) is 6.04 Å². The molecule has 0 aromatic heterocycles. The highest BCUT2D eigenvalue weighted by atomic mass is 35.5. The minimum Gasteiger partial charge on any atom is -0.306 e. The van der Waals surface area contributed by atoms with E-state index in [1.807, 2.05) is 14.0 Å². The van der Waals surface area contributed by atoms with Crippen molar-refractivity contribution in [2.24, 2.45) is 5.92 Å². The molecule has 2 atom stereocenters. The largest absolute Gasteiger partial charge is 0.306 e. The molecule has 0 saturated carbocycles. The third-order valence-corrected chi connectivity index (χ3v) is 4.46. The summed E-state index contributed by atoms with van der Waals surface area (Å²) in [7, 11) is 4.19. The summed E-state index contributed by atoms with van der Waals surface area (Å²) in [4.78, 5) is 17.0. The van der Waals surface area contributed by atoms with Gasteiger partial charge >= 0.3 is 0 Å². The van der Waals surface area contributed by atoms with Crippen LogP contribution in [-0.4, -0.2) is 55.4 Å². The van der Waals surface area contributed by atoms with Gasteiger partial charge in [-0.3, -0.25) is 9.69 Å². The van der Waals surface area contributed by atoms with E-state index in [9.17, 15) is 4.79 Å². The van der Waals surface area contributed by atoms with Crippen molar-refractivity contribution in [3.8, 4) is 0 Å². The number of carbonyl (C=O) groups is 1. The van der Waals surface area contributed by atoms with Crippen molar-refractivity contribution in [1.82, 2.24) is 9.80 Å². The smallest absolute Gasteiger partial charge is 0.179 e. The number of Topliss-reactive ketones (excluding diaryl/α,β-unsaturated/α-hetero) is 1. The van der Waals surface area contributed by atoms with E-state index >= 15 is 0 Å². The Balaban J connectivity index is 1.93. The van der Waals surface area contributed by atoms with Crippen LogP contribution < -0.4 is 0 Å². The third kappa shape index (κ3) is 3.81. The quantitative estimate of drug-likeness (QED) is 0.780. The minimum absolute atomic E-state index is 0.0953. The van der Waals surface area contributed by atoms with E-state index in [1.54, 1.807) is 24.3 Å². The molecular formula is C16H23ClN2O. The lowest BCUT2D eigenvalue weighted by atomic mass is 10.0. The molecule has 1 aliphatic rings. The minimum atomic E-state index is -0.0953. The van der Waals surface area contributed by atoms with Gasteiger partial charge < -0.3 is 4.90 Å². The number of hydrogen-bond donors (Lipinski definition) is 0. The summed E-state index contributed by atoms with van der Waals surface area (Å²) in [6, 6.07) is 7.06. The number of rotatable bonds is 5. The van der Waals surface area contributed by atoms with Crippen molar-refractivity contribution in [1.29, 1.82) is 0 Å². The summed E-state index contributed by atoms with van der Waals surface area (Å²) >= 11 is 5.86. The molecule has 1 aromatic rings. The van der Waals surface area contributed by atoms with Crippen molar-refractivity contribution in [3.63, 3.8) is 0 Å². The Morgan fingerprint density at radius 1 is 1.45 bits per heavy atom. The number of ketones is 1. The molecule has 2 rings (SSSR count). The number of benzene rings is 1. The summed E-state index contributed by atoms with van der Waals surface area (Å²) in [5.41, 5.74) is 0.734. The Morgan fingerprint density at radius 3 is 2.65 bits per heavy atom. The average molecular weight is 295 g/mol. The Kier molecular flexibility index (Phi) is 5.19. The summed E-state index contributed by atoms with van der Waals surface area (Å²) in [5, 5.41) is 0.663. The van der Waals surface area contributed by atoms with E-state index in [0.717, 1.165) is 25.2 Å². The van der Waals surface area contributed by atoms with Crippen molar-refractivity contribution < 1.29 is 4.79 Å². The molecule has 20 heavy (non-hydrogen) atoms. The number of likely N-dealkylation sites (tertiary alicyclic amines) is 1. The highest BCUT2D eigenvalue weighted by Crippen LogP contribution is 2.18. The second-order valence-electron chi connectivity index (χ2n) is 5.90. The third-order valence-electron chi connectivity index (χ3n) is 4.20. The Bertz CT molecular complexity index is 460. The van der Waals surface area contributed by atoms with Crippen LogP contribution in [0.1, 0.15) is 23.7 Å². The molecule has 1 saturated heterocycles. The zero-order valence-corrected chi connectivity index (χ0v) is 13.2. The molecule has 1 aliphatic heterocycles. The van der Waals surface area contributed by atoms with Crippen molar-refractivity contribution in [3.05, 3.63) is 34.9 Å². The molecular weight excluding hydrogens is 272 g/mol. The van der Waals surface area contributed by atoms with Gasteiger partial charge in [0.25, 0.3) is 0 Å². The SMILES string of the molecule is CC(C(=O)c1ccc(Cl)cc1)N(C)CC1CCN(C)C1. The predicted molar refractivity (Wildman–Crippen MR) is 83.5 cm³/mol. The van der Waals surface area contributed by atoms with E-state index in [4.69, 9.17) is 11.6 Å². The highest BCUT2D eigenvalue weighted by molar-refractivity contribution is 6.30. The average Bonchev–Trinajstić information content (AvgIpc) is 2.83. The van der Waals surface area contributed by atoms with Crippen LogP contribution in [0, 0.1) is 5.92 Å². The van der Waals surface area contributed by atoms with Gasteiger partial charge in [0.15, 0.2) is 5.78 Å². The van der Waals surface area contributed by atoms with Gasteiger partial charge in [-0.05, 0) is 64.2 Å². The molecule has 0 bridgehead atoms.